The zero-order valence-electron chi connectivity index (χ0n) is 15.6. The van der Waals surface area contributed by atoms with Crippen LogP contribution in [0, 0.1) is 0 Å². The van der Waals surface area contributed by atoms with Crippen molar-refractivity contribution >= 4 is 0 Å². The molecule has 0 bridgehead atoms. The Morgan fingerprint density at radius 3 is 2.42 bits per heavy atom. The standard InChI is InChI=1S/C23H26N2O/c1-17(25-16-18-6-4-9-22(14-18)23(2,3)26)20-7-5-8-21(15-20)19-10-12-24-13-11-19/h4-15,17,25-26H,16H2,1-3H3. The number of pyridine rings is 1. The molecule has 2 aromatic carbocycles. The van der Waals surface area contributed by atoms with Gasteiger partial charge in [0, 0.05) is 25.0 Å². The number of rotatable bonds is 6. The Bertz CT molecular complexity index is 853. The van der Waals surface area contributed by atoms with E-state index < -0.39 is 5.60 Å². The first-order valence-corrected chi connectivity index (χ1v) is 8.99. The molecule has 2 N–H and O–H groups in total. The first-order chi connectivity index (χ1) is 12.4. The molecule has 3 rings (SSSR count). The summed E-state index contributed by atoms with van der Waals surface area (Å²) >= 11 is 0. The monoisotopic (exact) mass is 346 g/mol. The van der Waals surface area contributed by atoms with Crippen LogP contribution in [-0.2, 0) is 12.1 Å². The van der Waals surface area contributed by atoms with E-state index in [1.54, 1.807) is 0 Å². The lowest BCUT2D eigenvalue weighted by atomic mass is 9.96. The minimum absolute atomic E-state index is 0.225. The second-order valence-electron chi connectivity index (χ2n) is 7.22. The van der Waals surface area contributed by atoms with Crippen molar-refractivity contribution in [1.82, 2.24) is 10.3 Å². The molecule has 1 aromatic heterocycles. The maximum atomic E-state index is 10.2. The summed E-state index contributed by atoms with van der Waals surface area (Å²) in [5.74, 6) is 0. The number of aliphatic hydroxyl groups is 1. The van der Waals surface area contributed by atoms with Crippen molar-refractivity contribution in [1.29, 1.82) is 0 Å². The SMILES string of the molecule is CC(NCc1cccc(C(C)(C)O)c1)c1cccc(-c2ccncc2)c1. The van der Waals surface area contributed by atoms with Crippen molar-refractivity contribution in [2.45, 2.75) is 39.0 Å². The molecule has 134 valence electrons. The summed E-state index contributed by atoms with van der Waals surface area (Å²) in [7, 11) is 0. The Kier molecular flexibility index (Phi) is 5.50. The van der Waals surface area contributed by atoms with Crippen LogP contribution in [0.15, 0.2) is 73.1 Å². The van der Waals surface area contributed by atoms with Crippen LogP contribution in [0.5, 0.6) is 0 Å². The van der Waals surface area contributed by atoms with E-state index >= 15 is 0 Å². The van der Waals surface area contributed by atoms with E-state index in [0.717, 1.165) is 12.1 Å². The van der Waals surface area contributed by atoms with Gasteiger partial charge in [-0.15, -0.1) is 0 Å². The number of benzene rings is 2. The highest BCUT2D eigenvalue weighted by Crippen LogP contribution is 2.24. The van der Waals surface area contributed by atoms with Gasteiger partial charge in [-0.05, 0) is 66.8 Å². The second kappa shape index (κ2) is 7.81. The van der Waals surface area contributed by atoms with E-state index in [0.29, 0.717) is 0 Å². The van der Waals surface area contributed by atoms with Crippen molar-refractivity contribution in [3.63, 3.8) is 0 Å². The van der Waals surface area contributed by atoms with E-state index in [-0.39, 0.29) is 6.04 Å². The Morgan fingerprint density at radius 2 is 1.69 bits per heavy atom. The molecule has 0 aliphatic rings. The summed E-state index contributed by atoms with van der Waals surface area (Å²) < 4.78 is 0. The molecular formula is C23H26N2O. The highest BCUT2D eigenvalue weighted by atomic mass is 16.3. The van der Waals surface area contributed by atoms with E-state index in [1.807, 2.05) is 50.5 Å². The minimum Gasteiger partial charge on any atom is -0.386 e. The molecule has 0 aliphatic heterocycles. The molecule has 0 radical (unpaired) electrons. The quantitative estimate of drug-likeness (QED) is 0.672. The summed E-state index contributed by atoms with van der Waals surface area (Å²) in [6, 6.07) is 21.0. The number of nitrogens with zero attached hydrogens (tertiary/aromatic N) is 1. The van der Waals surface area contributed by atoms with Gasteiger partial charge in [0.1, 0.15) is 0 Å². The minimum atomic E-state index is -0.819. The van der Waals surface area contributed by atoms with Gasteiger partial charge < -0.3 is 10.4 Å². The lowest BCUT2D eigenvalue weighted by Crippen LogP contribution is -2.19. The van der Waals surface area contributed by atoms with E-state index in [9.17, 15) is 5.11 Å². The van der Waals surface area contributed by atoms with Crippen molar-refractivity contribution in [3.05, 3.63) is 89.7 Å². The molecule has 3 aromatic rings. The van der Waals surface area contributed by atoms with Crippen molar-refractivity contribution in [2.75, 3.05) is 0 Å². The Labute approximate surface area is 155 Å². The predicted octanol–water partition coefficient (Wildman–Crippen LogP) is 4.83. The molecule has 0 saturated carbocycles. The van der Waals surface area contributed by atoms with E-state index in [1.165, 1.54) is 22.3 Å². The summed E-state index contributed by atoms with van der Waals surface area (Å²) in [4.78, 5) is 4.09. The first-order valence-electron chi connectivity index (χ1n) is 8.99. The van der Waals surface area contributed by atoms with Crippen molar-refractivity contribution < 1.29 is 5.11 Å². The number of hydrogen-bond acceptors (Lipinski definition) is 3. The van der Waals surface area contributed by atoms with Crippen LogP contribution in [0.1, 0.15) is 43.5 Å². The van der Waals surface area contributed by atoms with Crippen LogP contribution in [0.25, 0.3) is 11.1 Å². The highest BCUT2D eigenvalue weighted by Gasteiger charge is 2.16. The smallest absolute Gasteiger partial charge is 0.0840 e. The van der Waals surface area contributed by atoms with Crippen LogP contribution in [0.4, 0.5) is 0 Å². The van der Waals surface area contributed by atoms with Crippen LogP contribution in [0.3, 0.4) is 0 Å². The van der Waals surface area contributed by atoms with Crippen molar-refractivity contribution in [2.24, 2.45) is 0 Å². The molecule has 0 aliphatic carbocycles. The summed E-state index contributed by atoms with van der Waals surface area (Å²) in [6.45, 7) is 6.55. The fourth-order valence-corrected chi connectivity index (χ4v) is 2.98. The maximum Gasteiger partial charge on any atom is 0.0840 e. The average Bonchev–Trinajstić information content (AvgIpc) is 2.66. The summed E-state index contributed by atoms with van der Waals surface area (Å²) in [5, 5.41) is 13.8. The molecule has 0 amide bonds. The maximum absolute atomic E-state index is 10.2. The number of aromatic nitrogens is 1. The molecular weight excluding hydrogens is 320 g/mol. The Morgan fingerprint density at radius 1 is 0.962 bits per heavy atom. The normalized spacial score (nSPS) is 12.8. The van der Waals surface area contributed by atoms with Crippen LogP contribution >= 0.6 is 0 Å². The first kappa shape index (κ1) is 18.3. The number of nitrogens with one attached hydrogen (secondary N) is 1. The molecule has 1 atom stereocenters. The third-order valence-electron chi connectivity index (χ3n) is 4.65. The van der Waals surface area contributed by atoms with Crippen LogP contribution < -0.4 is 5.32 Å². The third-order valence-corrected chi connectivity index (χ3v) is 4.65. The molecule has 1 unspecified atom stereocenters. The molecule has 0 saturated heterocycles. The van der Waals surface area contributed by atoms with Gasteiger partial charge in [-0.2, -0.15) is 0 Å². The topological polar surface area (TPSA) is 45.1 Å². The predicted molar refractivity (Wildman–Crippen MR) is 107 cm³/mol. The van der Waals surface area contributed by atoms with Gasteiger partial charge in [0.2, 0.25) is 0 Å². The highest BCUT2D eigenvalue weighted by molar-refractivity contribution is 5.63. The van der Waals surface area contributed by atoms with E-state index in [2.05, 4.69) is 53.6 Å². The molecule has 3 heteroatoms. The van der Waals surface area contributed by atoms with Gasteiger partial charge in [-0.1, -0.05) is 42.5 Å². The third kappa shape index (κ3) is 4.57. The Balaban J connectivity index is 1.70. The fraction of sp³-hybridized carbons (Fsp3) is 0.261. The van der Waals surface area contributed by atoms with Gasteiger partial charge in [0.25, 0.3) is 0 Å². The number of hydrogen-bond donors (Lipinski definition) is 2. The molecule has 3 nitrogen and oxygen atoms in total. The van der Waals surface area contributed by atoms with Gasteiger partial charge in [0.15, 0.2) is 0 Å². The van der Waals surface area contributed by atoms with Crippen LogP contribution in [-0.4, -0.2) is 10.1 Å². The van der Waals surface area contributed by atoms with Gasteiger partial charge in [-0.3, -0.25) is 4.98 Å². The molecule has 0 spiro atoms. The lowest BCUT2D eigenvalue weighted by molar-refractivity contribution is 0.0785. The molecule has 26 heavy (non-hydrogen) atoms. The van der Waals surface area contributed by atoms with Gasteiger partial charge >= 0.3 is 0 Å². The van der Waals surface area contributed by atoms with E-state index in [4.69, 9.17) is 0 Å². The summed E-state index contributed by atoms with van der Waals surface area (Å²) in [6.07, 6.45) is 3.64. The average molecular weight is 346 g/mol. The second-order valence-corrected chi connectivity index (χ2v) is 7.22. The molecule has 1 heterocycles. The molecule has 0 fully saturated rings. The van der Waals surface area contributed by atoms with Gasteiger partial charge in [-0.25, -0.2) is 0 Å². The zero-order chi connectivity index (χ0) is 18.6. The zero-order valence-corrected chi connectivity index (χ0v) is 15.6. The van der Waals surface area contributed by atoms with Gasteiger partial charge in [0.05, 0.1) is 5.60 Å². The summed E-state index contributed by atoms with van der Waals surface area (Å²) in [5.41, 5.74) is 4.90. The van der Waals surface area contributed by atoms with Crippen molar-refractivity contribution in [3.8, 4) is 11.1 Å². The Hall–Kier alpha value is -2.49. The fourth-order valence-electron chi connectivity index (χ4n) is 2.98. The lowest BCUT2D eigenvalue weighted by Gasteiger charge is -2.20. The van der Waals surface area contributed by atoms with Crippen LogP contribution in [0.2, 0.25) is 0 Å². The largest absolute Gasteiger partial charge is 0.386 e.